The summed E-state index contributed by atoms with van der Waals surface area (Å²) in [7, 11) is -4.85. The normalized spacial score (nSPS) is 13.6. The standard InChI is InChI=1S/C22H22ClN3O3S2/c1-12-6-8-18-21(16(11-24)13(2)22(26-18)30(4)27)20(12)14(3)25-17-9-7-15(23)10-19(17)31(5,28)29/h6-10,14,25H,1-5H3. The summed E-state index contributed by atoms with van der Waals surface area (Å²) in [5.41, 5.74) is 3.74. The molecule has 9 heteroatoms. The number of nitrogens with one attached hydrogen (secondary N) is 1. The molecule has 2 atom stereocenters. The molecule has 1 N–H and O–H groups in total. The average Bonchev–Trinajstić information content (AvgIpc) is 2.67. The predicted molar refractivity (Wildman–Crippen MR) is 125 cm³/mol. The molecule has 1 heterocycles. The van der Waals surface area contributed by atoms with Gasteiger partial charge in [0, 0.05) is 34.5 Å². The van der Waals surface area contributed by atoms with Crippen LogP contribution in [0.1, 0.15) is 35.2 Å². The van der Waals surface area contributed by atoms with E-state index in [-0.39, 0.29) is 10.9 Å². The number of fused-ring (bicyclic) bond motifs is 1. The van der Waals surface area contributed by atoms with Gasteiger partial charge in [-0.2, -0.15) is 5.26 Å². The quantitative estimate of drug-likeness (QED) is 0.574. The number of aromatic nitrogens is 1. The molecular formula is C22H22ClN3O3S2. The Labute approximate surface area is 189 Å². The number of anilines is 1. The zero-order chi connectivity index (χ0) is 23.1. The summed E-state index contributed by atoms with van der Waals surface area (Å²) in [5, 5.41) is 14.5. The van der Waals surface area contributed by atoms with E-state index in [1.165, 1.54) is 12.3 Å². The largest absolute Gasteiger partial charge is 0.377 e. The van der Waals surface area contributed by atoms with Crippen molar-refractivity contribution < 1.29 is 12.6 Å². The molecule has 0 aliphatic rings. The first kappa shape index (κ1) is 23.2. The number of aryl methyl sites for hydroxylation is 1. The van der Waals surface area contributed by atoms with Crippen LogP contribution in [-0.2, 0) is 20.6 Å². The van der Waals surface area contributed by atoms with Crippen LogP contribution in [0.2, 0.25) is 5.02 Å². The van der Waals surface area contributed by atoms with Crippen LogP contribution >= 0.6 is 11.6 Å². The van der Waals surface area contributed by atoms with Gasteiger partial charge in [-0.3, -0.25) is 4.21 Å². The molecule has 1 aromatic heterocycles. The molecule has 162 valence electrons. The first-order valence-electron chi connectivity index (χ1n) is 9.39. The highest BCUT2D eigenvalue weighted by molar-refractivity contribution is 7.90. The Morgan fingerprint density at radius 2 is 1.90 bits per heavy atom. The molecule has 6 nitrogen and oxygen atoms in total. The van der Waals surface area contributed by atoms with Crippen molar-refractivity contribution in [2.24, 2.45) is 0 Å². The third-order valence-corrected chi connectivity index (χ3v) is 7.46. The lowest BCUT2D eigenvalue weighted by molar-refractivity contribution is 0.602. The molecule has 0 saturated carbocycles. The van der Waals surface area contributed by atoms with E-state index in [0.29, 0.717) is 37.8 Å². The van der Waals surface area contributed by atoms with Crippen LogP contribution < -0.4 is 5.32 Å². The maximum Gasteiger partial charge on any atom is 0.177 e. The van der Waals surface area contributed by atoms with E-state index in [1.807, 2.05) is 26.0 Å². The van der Waals surface area contributed by atoms with Crippen molar-refractivity contribution in [2.45, 2.75) is 36.7 Å². The lowest BCUT2D eigenvalue weighted by Gasteiger charge is -2.23. The topological polar surface area (TPSA) is 99.9 Å². The maximum absolute atomic E-state index is 12.3. The van der Waals surface area contributed by atoms with E-state index < -0.39 is 20.6 Å². The summed E-state index contributed by atoms with van der Waals surface area (Å²) in [6, 6.07) is 10.3. The number of sulfone groups is 1. The molecule has 2 unspecified atom stereocenters. The maximum atomic E-state index is 12.3. The van der Waals surface area contributed by atoms with Gasteiger partial charge in [0.2, 0.25) is 0 Å². The highest BCUT2D eigenvalue weighted by Gasteiger charge is 2.22. The van der Waals surface area contributed by atoms with Crippen LogP contribution in [0.3, 0.4) is 0 Å². The van der Waals surface area contributed by atoms with Gasteiger partial charge in [0.05, 0.1) is 32.5 Å². The van der Waals surface area contributed by atoms with Crippen molar-refractivity contribution in [3.63, 3.8) is 0 Å². The lowest BCUT2D eigenvalue weighted by Crippen LogP contribution is -2.13. The summed E-state index contributed by atoms with van der Waals surface area (Å²) in [6.45, 7) is 5.56. The predicted octanol–water partition coefficient (Wildman–Crippen LogP) is 4.69. The average molecular weight is 476 g/mol. The van der Waals surface area contributed by atoms with Crippen LogP contribution in [-0.4, -0.2) is 30.1 Å². The van der Waals surface area contributed by atoms with E-state index in [4.69, 9.17) is 11.6 Å². The van der Waals surface area contributed by atoms with Crippen molar-refractivity contribution >= 4 is 48.8 Å². The Kier molecular flexibility index (Phi) is 6.42. The van der Waals surface area contributed by atoms with Crippen LogP contribution in [0.15, 0.2) is 40.3 Å². The van der Waals surface area contributed by atoms with E-state index in [1.54, 1.807) is 19.1 Å². The van der Waals surface area contributed by atoms with Crippen molar-refractivity contribution in [1.29, 1.82) is 5.26 Å². The minimum absolute atomic E-state index is 0.100. The Morgan fingerprint density at radius 3 is 2.48 bits per heavy atom. The number of rotatable bonds is 5. The molecule has 0 saturated heterocycles. The zero-order valence-corrected chi connectivity index (χ0v) is 20.2. The number of nitriles is 1. The Morgan fingerprint density at radius 1 is 1.23 bits per heavy atom. The number of hydrogen-bond donors (Lipinski definition) is 1. The van der Waals surface area contributed by atoms with Crippen LogP contribution in [0.25, 0.3) is 10.9 Å². The van der Waals surface area contributed by atoms with Crippen molar-refractivity contribution in [1.82, 2.24) is 4.98 Å². The highest BCUT2D eigenvalue weighted by Crippen LogP contribution is 2.35. The molecule has 3 rings (SSSR count). The molecule has 0 spiro atoms. The second-order valence-electron chi connectivity index (χ2n) is 7.45. The van der Waals surface area contributed by atoms with Crippen LogP contribution in [0.4, 0.5) is 5.69 Å². The molecule has 0 fully saturated rings. The molecule has 0 amide bonds. The van der Waals surface area contributed by atoms with Gasteiger partial charge in [0.1, 0.15) is 11.1 Å². The molecular weight excluding hydrogens is 454 g/mol. The monoisotopic (exact) mass is 475 g/mol. The number of nitrogens with zero attached hydrogens (tertiary/aromatic N) is 2. The van der Waals surface area contributed by atoms with Gasteiger partial charge in [0.15, 0.2) is 9.84 Å². The summed E-state index contributed by atoms with van der Waals surface area (Å²) in [4.78, 5) is 4.65. The number of benzene rings is 2. The van der Waals surface area contributed by atoms with Gasteiger partial charge in [-0.25, -0.2) is 13.4 Å². The molecule has 3 aromatic rings. The van der Waals surface area contributed by atoms with E-state index >= 15 is 0 Å². The van der Waals surface area contributed by atoms with E-state index in [2.05, 4.69) is 16.4 Å². The first-order valence-corrected chi connectivity index (χ1v) is 13.2. The molecule has 0 aliphatic heterocycles. The van der Waals surface area contributed by atoms with Gasteiger partial charge in [0.25, 0.3) is 0 Å². The minimum Gasteiger partial charge on any atom is -0.377 e. The van der Waals surface area contributed by atoms with Crippen LogP contribution in [0, 0.1) is 25.2 Å². The van der Waals surface area contributed by atoms with Crippen molar-refractivity contribution in [3.05, 3.63) is 57.6 Å². The fourth-order valence-electron chi connectivity index (χ4n) is 3.76. The number of hydrogen-bond acceptors (Lipinski definition) is 6. The Hall–Kier alpha value is -2.47. The third kappa shape index (κ3) is 4.45. The second kappa shape index (κ2) is 8.58. The van der Waals surface area contributed by atoms with Crippen molar-refractivity contribution in [3.8, 4) is 6.07 Å². The molecule has 0 bridgehead atoms. The summed E-state index contributed by atoms with van der Waals surface area (Å²) in [6.07, 6.45) is 2.67. The van der Waals surface area contributed by atoms with Gasteiger partial charge in [-0.1, -0.05) is 17.7 Å². The van der Waals surface area contributed by atoms with Crippen LogP contribution in [0.5, 0.6) is 0 Å². The SMILES string of the molecule is Cc1ccc2nc(S(C)=O)c(C)c(C#N)c2c1C(C)Nc1ccc(Cl)cc1S(C)(=O)=O. The lowest BCUT2D eigenvalue weighted by atomic mass is 9.92. The minimum atomic E-state index is -3.52. The smallest absolute Gasteiger partial charge is 0.177 e. The summed E-state index contributed by atoms with van der Waals surface area (Å²) >= 11 is 6.02. The third-order valence-electron chi connectivity index (χ3n) is 5.14. The fraction of sp³-hybridized carbons (Fsp3) is 0.273. The number of pyridine rings is 1. The van der Waals surface area contributed by atoms with Gasteiger partial charge < -0.3 is 5.32 Å². The van der Waals surface area contributed by atoms with E-state index in [9.17, 15) is 17.9 Å². The second-order valence-corrected chi connectivity index (χ2v) is 11.2. The highest BCUT2D eigenvalue weighted by atomic mass is 35.5. The zero-order valence-electron chi connectivity index (χ0n) is 17.8. The molecule has 31 heavy (non-hydrogen) atoms. The van der Waals surface area contributed by atoms with Gasteiger partial charge >= 0.3 is 0 Å². The summed E-state index contributed by atoms with van der Waals surface area (Å²) in [5.74, 6) is 0. The van der Waals surface area contributed by atoms with Gasteiger partial charge in [-0.15, -0.1) is 0 Å². The molecule has 2 aromatic carbocycles. The number of halogens is 1. The first-order chi connectivity index (χ1) is 14.5. The fourth-order valence-corrected chi connectivity index (χ4v) is 5.63. The van der Waals surface area contributed by atoms with Crippen molar-refractivity contribution in [2.75, 3.05) is 17.8 Å². The van der Waals surface area contributed by atoms with Gasteiger partial charge in [-0.05, 0) is 56.2 Å². The van der Waals surface area contributed by atoms with E-state index in [0.717, 1.165) is 17.4 Å². The molecule has 0 radical (unpaired) electrons. The Balaban J connectivity index is 2.25. The molecule has 0 aliphatic carbocycles. The summed E-state index contributed by atoms with van der Waals surface area (Å²) < 4.78 is 36.7. The Bertz CT molecular complexity index is 1380.